The van der Waals surface area contributed by atoms with Gasteiger partial charge in [0.25, 0.3) is 0 Å². The van der Waals surface area contributed by atoms with Gasteiger partial charge in [-0.2, -0.15) is 0 Å². The molecule has 1 N–H and O–H groups in total. The Morgan fingerprint density at radius 2 is 2.04 bits per heavy atom. The molecule has 1 fully saturated rings. The van der Waals surface area contributed by atoms with Crippen LogP contribution in [-0.2, 0) is 16.0 Å². The van der Waals surface area contributed by atoms with Crippen LogP contribution in [0.4, 0.5) is 0 Å². The molecule has 0 aliphatic carbocycles. The lowest BCUT2D eigenvalue weighted by molar-refractivity contribution is -0.147. The first-order valence-corrected chi connectivity index (χ1v) is 9.01. The van der Waals surface area contributed by atoms with Crippen molar-refractivity contribution in [1.82, 2.24) is 20.1 Å². The van der Waals surface area contributed by atoms with Crippen LogP contribution in [0.25, 0.3) is 0 Å². The summed E-state index contributed by atoms with van der Waals surface area (Å²) in [6.45, 7) is 1.59. The number of nitrogens with zero attached hydrogens (tertiary/aromatic N) is 3. The molecule has 0 radical (unpaired) electrons. The molecule has 0 aromatic carbocycles. The van der Waals surface area contributed by atoms with Crippen molar-refractivity contribution in [3.8, 4) is 0 Å². The van der Waals surface area contributed by atoms with E-state index in [1.165, 1.54) is 5.56 Å². The first-order valence-electron chi connectivity index (χ1n) is 9.01. The SMILES string of the molecule is CNCC(=O)N1CCC[C@@](CCCc2ccncc2)(C(=O)N(C)C)C1. The lowest BCUT2D eigenvalue weighted by atomic mass is 9.74. The summed E-state index contributed by atoms with van der Waals surface area (Å²) in [5, 5.41) is 2.92. The van der Waals surface area contributed by atoms with Gasteiger partial charge in [-0.25, -0.2) is 0 Å². The number of piperidine rings is 1. The quantitative estimate of drug-likeness (QED) is 0.809. The van der Waals surface area contributed by atoms with Crippen molar-refractivity contribution in [2.24, 2.45) is 5.41 Å². The summed E-state index contributed by atoms with van der Waals surface area (Å²) in [6, 6.07) is 4.04. The Bertz CT molecular complexity index is 576. The second kappa shape index (κ2) is 8.94. The summed E-state index contributed by atoms with van der Waals surface area (Å²) in [7, 11) is 5.39. The maximum atomic E-state index is 13.0. The zero-order chi connectivity index (χ0) is 18.3. The number of carbonyl (C=O) groups is 2. The maximum Gasteiger partial charge on any atom is 0.236 e. The molecule has 1 aliphatic heterocycles. The molecule has 138 valence electrons. The molecule has 0 bridgehead atoms. The van der Waals surface area contributed by atoms with E-state index < -0.39 is 5.41 Å². The Morgan fingerprint density at radius 1 is 1.32 bits per heavy atom. The lowest BCUT2D eigenvalue weighted by Crippen LogP contribution is -2.54. The fourth-order valence-corrected chi connectivity index (χ4v) is 3.75. The number of hydrogen-bond acceptors (Lipinski definition) is 4. The number of amides is 2. The van der Waals surface area contributed by atoms with Crippen LogP contribution in [0, 0.1) is 5.41 Å². The van der Waals surface area contributed by atoms with E-state index in [1.54, 1.807) is 38.4 Å². The molecule has 0 saturated carbocycles. The average Bonchev–Trinajstić information content (AvgIpc) is 2.62. The van der Waals surface area contributed by atoms with E-state index in [4.69, 9.17) is 0 Å². The summed E-state index contributed by atoms with van der Waals surface area (Å²) in [6.07, 6.45) is 7.99. The van der Waals surface area contributed by atoms with E-state index in [1.807, 2.05) is 17.0 Å². The fraction of sp³-hybridized carbons (Fsp3) is 0.632. The number of likely N-dealkylation sites (N-methyl/N-ethyl adjacent to an activating group) is 1. The van der Waals surface area contributed by atoms with E-state index >= 15 is 0 Å². The molecule has 6 nitrogen and oxygen atoms in total. The molecule has 25 heavy (non-hydrogen) atoms. The van der Waals surface area contributed by atoms with Crippen LogP contribution in [0.1, 0.15) is 31.2 Å². The Morgan fingerprint density at radius 3 is 2.68 bits per heavy atom. The number of nitrogens with one attached hydrogen (secondary N) is 1. The minimum absolute atomic E-state index is 0.0762. The first-order chi connectivity index (χ1) is 12.0. The van der Waals surface area contributed by atoms with E-state index in [-0.39, 0.29) is 11.8 Å². The molecular weight excluding hydrogens is 316 g/mol. The number of aryl methyl sites for hydroxylation is 1. The lowest BCUT2D eigenvalue weighted by Gasteiger charge is -2.43. The zero-order valence-corrected chi connectivity index (χ0v) is 15.6. The summed E-state index contributed by atoms with van der Waals surface area (Å²) in [4.78, 5) is 32.8. The highest BCUT2D eigenvalue weighted by Gasteiger charge is 2.43. The second-order valence-electron chi connectivity index (χ2n) is 7.14. The third-order valence-corrected chi connectivity index (χ3v) is 4.99. The van der Waals surface area contributed by atoms with Crippen LogP contribution in [0.3, 0.4) is 0 Å². The molecule has 1 aromatic rings. The van der Waals surface area contributed by atoms with Crippen molar-refractivity contribution < 1.29 is 9.59 Å². The van der Waals surface area contributed by atoms with Gasteiger partial charge in [-0.05, 0) is 56.8 Å². The number of rotatable bonds is 7. The fourth-order valence-electron chi connectivity index (χ4n) is 3.75. The molecule has 0 spiro atoms. The standard InChI is InChI=1S/C19H30N4O2/c1-20-14-17(24)23-13-5-10-19(15-23,18(25)22(2)3)9-4-6-16-7-11-21-12-8-16/h7-8,11-12,20H,4-6,9-10,13-15H2,1-3H3/t19-/m1/s1. The van der Waals surface area contributed by atoms with Crippen molar-refractivity contribution in [3.63, 3.8) is 0 Å². The molecule has 1 atom stereocenters. The van der Waals surface area contributed by atoms with E-state index in [0.717, 1.165) is 38.6 Å². The smallest absolute Gasteiger partial charge is 0.236 e. The first kappa shape index (κ1) is 19.4. The van der Waals surface area contributed by atoms with Crippen LogP contribution in [0.5, 0.6) is 0 Å². The van der Waals surface area contributed by atoms with Crippen LogP contribution < -0.4 is 5.32 Å². The van der Waals surface area contributed by atoms with Gasteiger partial charge in [0.15, 0.2) is 0 Å². The Balaban J connectivity index is 2.08. The van der Waals surface area contributed by atoms with Gasteiger partial charge in [-0.1, -0.05) is 0 Å². The molecule has 1 aliphatic rings. The zero-order valence-electron chi connectivity index (χ0n) is 15.6. The summed E-state index contributed by atoms with van der Waals surface area (Å²) >= 11 is 0. The van der Waals surface area contributed by atoms with Crippen molar-refractivity contribution in [1.29, 1.82) is 0 Å². The van der Waals surface area contributed by atoms with Crippen molar-refractivity contribution in [3.05, 3.63) is 30.1 Å². The molecule has 2 rings (SSSR count). The highest BCUT2D eigenvalue weighted by molar-refractivity contribution is 5.84. The van der Waals surface area contributed by atoms with E-state index in [2.05, 4.69) is 10.3 Å². The van der Waals surface area contributed by atoms with Crippen LogP contribution in [0.2, 0.25) is 0 Å². The Hall–Kier alpha value is -1.95. The molecular formula is C19H30N4O2. The van der Waals surface area contributed by atoms with Gasteiger partial charge >= 0.3 is 0 Å². The highest BCUT2D eigenvalue weighted by Crippen LogP contribution is 2.37. The number of likely N-dealkylation sites (tertiary alicyclic amines) is 1. The topological polar surface area (TPSA) is 65.5 Å². The van der Waals surface area contributed by atoms with Crippen LogP contribution in [-0.4, -0.2) is 67.4 Å². The molecule has 2 heterocycles. The van der Waals surface area contributed by atoms with Gasteiger partial charge in [0.05, 0.1) is 12.0 Å². The van der Waals surface area contributed by atoms with Gasteiger partial charge in [-0.3, -0.25) is 14.6 Å². The molecule has 6 heteroatoms. The minimum Gasteiger partial charge on any atom is -0.348 e. The third-order valence-electron chi connectivity index (χ3n) is 4.99. The van der Waals surface area contributed by atoms with E-state index in [9.17, 15) is 9.59 Å². The van der Waals surface area contributed by atoms with Crippen molar-refractivity contribution in [2.45, 2.75) is 32.1 Å². The molecule has 1 saturated heterocycles. The summed E-state index contributed by atoms with van der Waals surface area (Å²) in [5.41, 5.74) is 0.777. The van der Waals surface area contributed by atoms with Crippen LogP contribution >= 0.6 is 0 Å². The summed E-state index contributed by atoms with van der Waals surface area (Å²) < 4.78 is 0. The number of aromatic nitrogens is 1. The number of hydrogen-bond donors (Lipinski definition) is 1. The van der Waals surface area contributed by atoms with Gasteiger partial charge in [0, 0.05) is 39.6 Å². The highest BCUT2D eigenvalue weighted by atomic mass is 16.2. The summed E-state index contributed by atoms with van der Waals surface area (Å²) in [5.74, 6) is 0.219. The van der Waals surface area contributed by atoms with Gasteiger partial charge < -0.3 is 15.1 Å². The van der Waals surface area contributed by atoms with Crippen molar-refractivity contribution >= 4 is 11.8 Å². The maximum absolute atomic E-state index is 13.0. The number of pyridine rings is 1. The van der Waals surface area contributed by atoms with Crippen LogP contribution in [0.15, 0.2) is 24.5 Å². The average molecular weight is 346 g/mol. The Labute approximate surface area is 150 Å². The predicted octanol–water partition coefficient (Wildman–Crippen LogP) is 1.32. The van der Waals surface area contributed by atoms with Crippen molar-refractivity contribution in [2.75, 3.05) is 40.8 Å². The van der Waals surface area contributed by atoms with E-state index in [0.29, 0.717) is 13.1 Å². The molecule has 2 amide bonds. The van der Waals surface area contributed by atoms with Gasteiger partial charge in [0.2, 0.25) is 11.8 Å². The molecule has 0 unspecified atom stereocenters. The van der Waals surface area contributed by atoms with Gasteiger partial charge in [-0.15, -0.1) is 0 Å². The normalized spacial score (nSPS) is 20.4. The third kappa shape index (κ3) is 5.01. The van der Waals surface area contributed by atoms with Gasteiger partial charge in [0.1, 0.15) is 0 Å². The Kier molecular flexibility index (Phi) is 6.93. The number of carbonyl (C=O) groups excluding carboxylic acids is 2. The predicted molar refractivity (Wildman–Crippen MR) is 98.0 cm³/mol. The molecule has 1 aromatic heterocycles. The second-order valence-corrected chi connectivity index (χ2v) is 7.14. The minimum atomic E-state index is -0.460. The monoisotopic (exact) mass is 346 g/mol. The largest absolute Gasteiger partial charge is 0.348 e.